The summed E-state index contributed by atoms with van der Waals surface area (Å²) in [7, 11) is 1.55. The first-order valence-corrected chi connectivity index (χ1v) is 12.4. The molecule has 0 spiro atoms. The van der Waals surface area contributed by atoms with E-state index in [1.807, 2.05) is 0 Å². The van der Waals surface area contributed by atoms with E-state index in [1.54, 1.807) is 42.3 Å². The fraction of sp³-hybridized carbons (Fsp3) is 0.375. The zero-order chi connectivity index (χ0) is 24.9. The van der Waals surface area contributed by atoms with E-state index in [0.717, 1.165) is 17.5 Å². The number of hydrogen-bond donors (Lipinski definition) is 3. The van der Waals surface area contributed by atoms with Crippen LogP contribution in [0.3, 0.4) is 0 Å². The number of benzene rings is 2. The molecule has 11 heteroatoms. The average molecular weight is 519 g/mol. The van der Waals surface area contributed by atoms with Crippen LogP contribution >= 0.6 is 23.5 Å². The van der Waals surface area contributed by atoms with Crippen molar-refractivity contribution in [1.82, 2.24) is 19.8 Å². The third kappa shape index (κ3) is 6.01. The summed E-state index contributed by atoms with van der Waals surface area (Å²) in [5.41, 5.74) is 0.942. The molecular formula is C24H27ClN4O5S. The Morgan fingerprint density at radius 2 is 1.97 bits per heavy atom. The van der Waals surface area contributed by atoms with E-state index < -0.39 is 5.92 Å². The minimum atomic E-state index is -0.527. The molecule has 1 atom stereocenters. The van der Waals surface area contributed by atoms with Crippen LogP contribution in [0.25, 0.3) is 0 Å². The molecule has 3 N–H and O–H groups in total. The van der Waals surface area contributed by atoms with Crippen molar-refractivity contribution in [1.29, 1.82) is 0 Å². The molecule has 1 unspecified atom stereocenters. The number of piperazine rings is 1. The van der Waals surface area contributed by atoms with Gasteiger partial charge < -0.3 is 25.4 Å². The van der Waals surface area contributed by atoms with Crippen LogP contribution in [-0.4, -0.2) is 78.4 Å². The van der Waals surface area contributed by atoms with E-state index in [0.29, 0.717) is 48.3 Å². The molecule has 3 amide bonds. The molecule has 0 aromatic heterocycles. The van der Waals surface area contributed by atoms with Crippen LogP contribution in [0, 0.1) is 5.92 Å². The number of rotatable bonds is 6. The number of methoxy groups -OCH3 is 1. The number of nitrogens with zero attached hydrogens (tertiary/aromatic N) is 2. The van der Waals surface area contributed by atoms with E-state index in [9.17, 15) is 19.5 Å². The van der Waals surface area contributed by atoms with Gasteiger partial charge in [0, 0.05) is 42.6 Å². The summed E-state index contributed by atoms with van der Waals surface area (Å²) < 4.78 is 6.81. The average Bonchev–Trinajstić information content (AvgIpc) is 2.99. The molecule has 2 aromatic carbocycles. The minimum absolute atomic E-state index is 0.122. The van der Waals surface area contributed by atoms with Crippen molar-refractivity contribution in [2.24, 2.45) is 5.92 Å². The van der Waals surface area contributed by atoms with Crippen LogP contribution in [0.4, 0.5) is 0 Å². The molecule has 2 aliphatic rings. The van der Waals surface area contributed by atoms with E-state index in [2.05, 4.69) is 10.6 Å². The van der Waals surface area contributed by atoms with Gasteiger partial charge in [-0.2, -0.15) is 0 Å². The Morgan fingerprint density at radius 1 is 1.20 bits per heavy atom. The molecule has 2 aromatic rings. The molecule has 0 aliphatic carbocycles. The Kier molecular flexibility index (Phi) is 8.04. The normalized spacial score (nSPS) is 18.7. The second-order valence-electron chi connectivity index (χ2n) is 8.35. The molecule has 4 rings (SSSR count). The number of carbonyl (C=O) groups is 3. The van der Waals surface area contributed by atoms with Crippen LogP contribution < -0.4 is 15.4 Å². The molecule has 186 valence electrons. The maximum Gasteiger partial charge on any atom is 0.257 e. The smallest absolute Gasteiger partial charge is 0.257 e. The van der Waals surface area contributed by atoms with Gasteiger partial charge in [0.1, 0.15) is 18.0 Å². The fourth-order valence-corrected chi connectivity index (χ4v) is 5.28. The summed E-state index contributed by atoms with van der Waals surface area (Å²) in [6.45, 7) is 2.54. The number of carbonyl (C=O) groups excluding carboxylic acids is 3. The van der Waals surface area contributed by atoms with Gasteiger partial charge in [0.2, 0.25) is 11.8 Å². The van der Waals surface area contributed by atoms with E-state index >= 15 is 0 Å². The lowest BCUT2D eigenvalue weighted by Crippen LogP contribution is -2.46. The third-order valence-corrected chi connectivity index (χ3v) is 7.18. The highest BCUT2D eigenvalue weighted by atomic mass is 35.5. The zero-order valence-corrected chi connectivity index (χ0v) is 20.8. The van der Waals surface area contributed by atoms with Crippen molar-refractivity contribution in [3.05, 3.63) is 52.5 Å². The first-order chi connectivity index (χ1) is 16.9. The number of ether oxygens (including phenoxy) is 1. The maximum absolute atomic E-state index is 13.4. The fourth-order valence-electron chi connectivity index (χ4n) is 4.11. The monoisotopic (exact) mass is 518 g/mol. The third-order valence-electron chi connectivity index (χ3n) is 5.95. The molecule has 9 nitrogen and oxygen atoms in total. The number of phenols is 1. The Labute approximate surface area is 212 Å². The van der Waals surface area contributed by atoms with Crippen molar-refractivity contribution in [2.75, 3.05) is 46.4 Å². The summed E-state index contributed by atoms with van der Waals surface area (Å²) in [6, 6.07) is 9.85. The SMILES string of the molecule is COc1ccc(Cl)cc1CC1CNC(=O)CN(Sc2ccc(O)c(C(=O)N3CCNCC3)c2)C1=O. The lowest BCUT2D eigenvalue weighted by atomic mass is 9.98. The van der Waals surface area contributed by atoms with Crippen LogP contribution in [0.5, 0.6) is 11.5 Å². The second kappa shape index (κ2) is 11.2. The maximum atomic E-state index is 13.4. The zero-order valence-electron chi connectivity index (χ0n) is 19.3. The molecule has 0 radical (unpaired) electrons. The Morgan fingerprint density at radius 3 is 2.71 bits per heavy atom. The predicted molar refractivity (Wildman–Crippen MR) is 133 cm³/mol. The quantitative estimate of drug-likeness (QED) is 0.501. The van der Waals surface area contributed by atoms with E-state index in [1.165, 1.54) is 10.4 Å². The minimum Gasteiger partial charge on any atom is -0.507 e. The van der Waals surface area contributed by atoms with Gasteiger partial charge in [-0.3, -0.25) is 18.7 Å². The largest absolute Gasteiger partial charge is 0.507 e. The highest BCUT2D eigenvalue weighted by molar-refractivity contribution is 7.97. The van der Waals surface area contributed by atoms with E-state index in [-0.39, 0.29) is 42.1 Å². The number of halogens is 1. The summed E-state index contributed by atoms with van der Waals surface area (Å²) in [6.07, 6.45) is 0.336. The standard InChI is InChI=1S/C24H27ClN4O5S/c1-34-21-5-2-17(25)11-15(21)10-16-13-27-22(31)14-29(23(16)32)35-18-3-4-20(30)19(12-18)24(33)28-8-6-26-7-9-28/h2-5,11-12,16,26,30H,6-10,13-14H2,1H3,(H,27,31). The lowest BCUT2D eigenvalue weighted by molar-refractivity contribution is -0.131. The van der Waals surface area contributed by atoms with Crippen molar-refractivity contribution >= 4 is 41.3 Å². The van der Waals surface area contributed by atoms with Gasteiger partial charge >= 0.3 is 0 Å². The van der Waals surface area contributed by atoms with Gasteiger partial charge in [-0.1, -0.05) is 11.6 Å². The first kappa shape index (κ1) is 25.2. The lowest BCUT2D eigenvalue weighted by Gasteiger charge is -2.28. The summed E-state index contributed by atoms with van der Waals surface area (Å²) >= 11 is 7.22. The predicted octanol–water partition coefficient (Wildman–Crippen LogP) is 1.92. The van der Waals surface area contributed by atoms with Crippen molar-refractivity contribution in [2.45, 2.75) is 11.3 Å². The molecule has 2 saturated heterocycles. The Bertz CT molecular complexity index is 1130. The van der Waals surface area contributed by atoms with Crippen molar-refractivity contribution < 1.29 is 24.2 Å². The first-order valence-electron chi connectivity index (χ1n) is 11.3. The van der Waals surface area contributed by atoms with Crippen LogP contribution in [-0.2, 0) is 16.0 Å². The van der Waals surface area contributed by atoms with Crippen LogP contribution in [0.2, 0.25) is 5.02 Å². The van der Waals surface area contributed by atoms with Crippen LogP contribution in [0.1, 0.15) is 15.9 Å². The number of amides is 3. The highest BCUT2D eigenvalue weighted by Gasteiger charge is 2.32. The molecular weight excluding hydrogens is 492 g/mol. The second-order valence-corrected chi connectivity index (χ2v) is 9.88. The van der Waals surface area contributed by atoms with Crippen molar-refractivity contribution in [3.8, 4) is 11.5 Å². The number of phenolic OH excluding ortho intramolecular Hbond substituents is 1. The van der Waals surface area contributed by atoms with Gasteiger partial charge in [0.15, 0.2) is 0 Å². The Hall–Kier alpha value is -2.95. The number of hydrogen-bond acceptors (Lipinski definition) is 7. The van der Waals surface area contributed by atoms with Crippen LogP contribution in [0.15, 0.2) is 41.3 Å². The van der Waals surface area contributed by atoms with Gasteiger partial charge in [0.05, 0.1) is 18.6 Å². The number of nitrogens with one attached hydrogen (secondary N) is 2. The molecule has 2 heterocycles. The van der Waals surface area contributed by atoms with Crippen molar-refractivity contribution in [3.63, 3.8) is 0 Å². The van der Waals surface area contributed by atoms with Gasteiger partial charge in [-0.25, -0.2) is 0 Å². The molecule has 0 saturated carbocycles. The topological polar surface area (TPSA) is 111 Å². The Balaban J connectivity index is 1.54. The summed E-state index contributed by atoms with van der Waals surface area (Å²) in [5.74, 6) is -0.797. The van der Waals surface area contributed by atoms with E-state index in [4.69, 9.17) is 16.3 Å². The van der Waals surface area contributed by atoms with Gasteiger partial charge in [-0.15, -0.1) is 0 Å². The summed E-state index contributed by atoms with van der Waals surface area (Å²) in [4.78, 5) is 41.0. The molecule has 2 fully saturated rings. The molecule has 35 heavy (non-hydrogen) atoms. The van der Waals surface area contributed by atoms with Gasteiger partial charge in [-0.05, 0) is 60.3 Å². The molecule has 0 bridgehead atoms. The van der Waals surface area contributed by atoms with Gasteiger partial charge in [0.25, 0.3) is 5.91 Å². The number of aromatic hydroxyl groups is 1. The molecule has 2 aliphatic heterocycles. The summed E-state index contributed by atoms with van der Waals surface area (Å²) in [5, 5.41) is 16.8. The highest BCUT2D eigenvalue weighted by Crippen LogP contribution is 2.32.